The normalized spacial score (nSPS) is 17.0. The van der Waals surface area contributed by atoms with Crippen molar-refractivity contribution >= 4 is 17.4 Å². The quantitative estimate of drug-likeness (QED) is 0.859. The molecule has 0 aromatic heterocycles. The van der Waals surface area contributed by atoms with Gasteiger partial charge in [-0.1, -0.05) is 35.9 Å². The van der Waals surface area contributed by atoms with Crippen LogP contribution in [0, 0.1) is 6.92 Å². The highest BCUT2D eigenvalue weighted by Gasteiger charge is 2.37. The first kappa shape index (κ1) is 13.6. The molecule has 0 bridgehead atoms. The number of carbonyl (C=O) groups is 2. The average molecular weight is 279 g/mol. The Morgan fingerprint density at radius 2 is 1.76 bits per heavy atom. The number of Topliss-reactive ketones (excluding diaryl/α,β-unsaturated/α-hetero) is 1. The minimum atomic E-state index is -0.200. The van der Waals surface area contributed by atoms with Gasteiger partial charge in [0.05, 0.1) is 6.04 Å². The molecule has 0 radical (unpaired) electrons. The summed E-state index contributed by atoms with van der Waals surface area (Å²) in [5.74, 6) is 0.0577. The molecular weight excluding hydrogens is 262 g/mol. The fourth-order valence-corrected chi connectivity index (χ4v) is 2.87. The molecule has 3 heteroatoms. The molecule has 1 atom stereocenters. The van der Waals surface area contributed by atoms with Crippen molar-refractivity contribution in [1.82, 2.24) is 0 Å². The molecule has 1 heterocycles. The van der Waals surface area contributed by atoms with E-state index in [1.165, 1.54) is 0 Å². The number of rotatable bonds is 3. The lowest BCUT2D eigenvalue weighted by Crippen LogP contribution is -2.28. The number of benzene rings is 2. The van der Waals surface area contributed by atoms with Crippen molar-refractivity contribution in [2.24, 2.45) is 0 Å². The molecule has 106 valence electrons. The first-order chi connectivity index (χ1) is 10.1. The first-order valence-corrected chi connectivity index (χ1v) is 7.06. The lowest BCUT2D eigenvalue weighted by molar-refractivity contribution is -0.117. The van der Waals surface area contributed by atoms with Gasteiger partial charge in [0.15, 0.2) is 0 Å². The second-order valence-corrected chi connectivity index (χ2v) is 5.52. The summed E-state index contributed by atoms with van der Waals surface area (Å²) < 4.78 is 0. The molecule has 1 aliphatic heterocycles. The summed E-state index contributed by atoms with van der Waals surface area (Å²) in [6.45, 7) is 3.58. The summed E-state index contributed by atoms with van der Waals surface area (Å²) in [6, 6.07) is 15.2. The van der Waals surface area contributed by atoms with Crippen LogP contribution in [0.3, 0.4) is 0 Å². The Morgan fingerprint density at radius 1 is 1.10 bits per heavy atom. The largest absolute Gasteiger partial charge is 0.300 e. The van der Waals surface area contributed by atoms with Crippen molar-refractivity contribution in [2.45, 2.75) is 26.3 Å². The Balaban J connectivity index is 2.08. The number of hydrogen-bond acceptors (Lipinski definition) is 2. The number of hydrogen-bond donors (Lipinski definition) is 0. The zero-order valence-electron chi connectivity index (χ0n) is 12.2. The fraction of sp³-hybridized carbons (Fsp3) is 0.222. The molecule has 1 unspecified atom stereocenters. The zero-order valence-corrected chi connectivity index (χ0v) is 12.2. The van der Waals surface area contributed by atoms with Crippen molar-refractivity contribution in [3.63, 3.8) is 0 Å². The van der Waals surface area contributed by atoms with Crippen LogP contribution in [0.4, 0.5) is 5.69 Å². The van der Waals surface area contributed by atoms with Gasteiger partial charge in [-0.15, -0.1) is 0 Å². The Bertz CT molecular complexity index is 703. The van der Waals surface area contributed by atoms with Crippen LogP contribution in [-0.4, -0.2) is 11.7 Å². The van der Waals surface area contributed by atoms with Crippen LogP contribution in [0.1, 0.15) is 40.9 Å². The second-order valence-electron chi connectivity index (χ2n) is 5.52. The van der Waals surface area contributed by atoms with E-state index < -0.39 is 0 Å². The number of fused-ring (bicyclic) bond motifs is 1. The third-order valence-electron chi connectivity index (χ3n) is 3.87. The topological polar surface area (TPSA) is 37.4 Å². The van der Waals surface area contributed by atoms with Crippen LogP contribution in [0.25, 0.3) is 0 Å². The van der Waals surface area contributed by atoms with Gasteiger partial charge in [0.1, 0.15) is 5.78 Å². The highest BCUT2D eigenvalue weighted by Crippen LogP contribution is 2.39. The summed E-state index contributed by atoms with van der Waals surface area (Å²) in [5, 5.41) is 0. The van der Waals surface area contributed by atoms with E-state index in [1.807, 2.05) is 55.5 Å². The summed E-state index contributed by atoms with van der Waals surface area (Å²) in [4.78, 5) is 26.0. The van der Waals surface area contributed by atoms with Gasteiger partial charge in [0, 0.05) is 17.7 Å². The summed E-state index contributed by atoms with van der Waals surface area (Å²) in [6.07, 6.45) is 0.344. The summed E-state index contributed by atoms with van der Waals surface area (Å²) >= 11 is 0. The van der Waals surface area contributed by atoms with Crippen LogP contribution in [0.15, 0.2) is 48.5 Å². The van der Waals surface area contributed by atoms with E-state index in [0.29, 0.717) is 12.0 Å². The first-order valence-electron chi connectivity index (χ1n) is 7.06. The van der Waals surface area contributed by atoms with E-state index in [4.69, 9.17) is 0 Å². The predicted octanol–water partition coefficient (Wildman–Crippen LogP) is 3.68. The molecule has 1 amide bonds. The molecule has 3 nitrogen and oxygen atoms in total. The Morgan fingerprint density at radius 3 is 2.43 bits per heavy atom. The molecule has 0 fully saturated rings. The number of anilines is 1. The number of ketones is 1. The molecule has 0 aliphatic carbocycles. The van der Waals surface area contributed by atoms with E-state index in [2.05, 4.69) is 0 Å². The molecule has 21 heavy (non-hydrogen) atoms. The molecule has 1 aliphatic rings. The van der Waals surface area contributed by atoms with Gasteiger partial charge in [0.2, 0.25) is 0 Å². The maximum atomic E-state index is 12.7. The van der Waals surface area contributed by atoms with Gasteiger partial charge in [-0.2, -0.15) is 0 Å². The molecule has 0 N–H and O–H groups in total. The summed E-state index contributed by atoms with van der Waals surface area (Å²) in [7, 11) is 0. The standard InChI is InChI=1S/C18H17NO2/c1-12-7-9-14(10-8-12)19-17(11-13(2)20)15-5-3-4-6-16(15)18(19)21/h3-10,17H,11H2,1-2H3. The molecule has 0 saturated carbocycles. The fourth-order valence-electron chi connectivity index (χ4n) is 2.87. The Labute approximate surface area is 124 Å². The number of amides is 1. The van der Waals surface area contributed by atoms with Crippen molar-refractivity contribution in [3.05, 3.63) is 65.2 Å². The van der Waals surface area contributed by atoms with Crippen LogP contribution >= 0.6 is 0 Å². The smallest absolute Gasteiger partial charge is 0.259 e. The number of nitrogens with zero attached hydrogens (tertiary/aromatic N) is 1. The Kier molecular flexibility index (Phi) is 3.34. The molecule has 0 spiro atoms. The number of aryl methyl sites for hydroxylation is 1. The van der Waals surface area contributed by atoms with Crippen molar-refractivity contribution in [2.75, 3.05) is 4.90 Å². The van der Waals surface area contributed by atoms with Gasteiger partial charge >= 0.3 is 0 Å². The van der Waals surface area contributed by atoms with E-state index >= 15 is 0 Å². The third-order valence-corrected chi connectivity index (χ3v) is 3.87. The highest BCUT2D eigenvalue weighted by atomic mass is 16.2. The van der Waals surface area contributed by atoms with Gasteiger partial charge in [-0.05, 0) is 37.6 Å². The minimum Gasteiger partial charge on any atom is -0.300 e. The van der Waals surface area contributed by atoms with Gasteiger partial charge < -0.3 is 4.90 Å². The maximum Gasteiger partial charge on any atom is 0.259 e. The van der Waals surface area contributed by atoms with Crippen molar-refractivity contribution in [3.8, 4) is 0 Å². The second kappa shape index (κ2) is 5.17. The SMILES string of the molecule is CC(=O)CC1c2ccccc2C(=O)N1c1ccc(C)cc1. The van der Waals surface area contributed by atoms with E-state index in [1.54, 1.807) is 11.8 Å². The van der Waals surface area contributed by atoms with E-state index in [9.17, 15) is 9.59 Å². The van der Waals surface area contributed by atoms with Gasteiger partial charge in [-0.25, -0.2) is 0 Å². The zero-order chi connectivity index (χ0) is 15.0. The lowest BCUT2D eigenvalue weighted by atomic mass is 10.0. The third kappa shape index (κ3) is 2.35. The summed E-state index contributed by atoms with van der Waals surface area (Å²) in [5.41, 5.74) is 3.63. The average Bonchev–Trinajstić information content (AvgIpc) is 2.73. The molecular formula is C18H17NO2. The highest BCUT2D eigenvalue weighted by molar-refractivity contribution is 6.11. The van der Waals surface area contributed by atoms with Crippen LogP contribution in [-0.2, 0) is 4.79 Å². The van der Waals surface area contributed by atoms with Crippen LogP contribution < -0.4 is 4.90 Å². The molecule has 3 rings (SSSR count). The number of carbonyl (C=O) groups excluding carboxylic acids is 2. The van der Waals surface area contributed by atoms with Gasteiger partial charge in [0.25, 0.3) is 5.91 Å². The van der Waals surface area contributed by atoms with Crippen molar-refractivity contribution < 1.29 is 9.59 Å². The Hall–Kier alpha value is -2.42. The van der Waals surface area contributed by atoms with Crippen LogP contribution in [0.2, 0.25) is 0 Å². The monoisotopic (exact) mass is 279 g/mol. The predicted molar refractivity (Wildman–Crippen MR) is 82.5 cm³/mol. The lowest BCUT2D eigenvalue weighted by Gasteiger charge is -2.25. The van der Waals surface area contributed by atoms with E-state index in [-0.39, 0.29) is 17.7 Å². The minimum absolute atomic E-state index is 0.0271. The maximum absolute atomic E-state index is 12.7. The molecule has 2 aromatic rings. The van der Waals surface area contributed by atoms with Crippen LogP contribution in [0.5, 0.6) is 0 Å². The van der Waals surface area contributed by atoms with Gasteiger partial charge in [-0.3, -0.25) is 9.59 Å². The molecule has 0 saturated heterocycles. The van der Waals surface area contributed by atoms with E-state index in [0.717, 1.165) is 16.8 Å². The van der Waals surface area contributed by atoms with Crippen molar-refractivity contribution in [1.29, 1.82) is 0 Å². The molecule has 2 aromatic carbocycles.